The lowest BCUT2D eigenvalue weighted by molar-refractivity contribution is 0.298. The number of H-pyrrole nitrogens is 1. The molecule has 0 spiro atoms. The van der Waals surface area contributed by atoms with Gasteiger partial charge in [0.05, 0.1) is 5.54 Å². The minimum Gasteiger partial charge on any atom is -0.325 e. The molecule has 0 saturated carbocycles. The second-order valence-corrected chi connectivity index (χ2v) is 6.72. The highest BCUT2D eigenvalue weighted by Gasteiger charge is 2.51. The number of rotatable bonds is 0. The fourth-order valence-corrected chi connectivity index (χ4v) is 4.05. The van der Waals surface area contributed by atoms with E-state index in [1.807, 2.05) is 6.07 Å². The van der Waals surface area contributed by atoms with E-state index in [0.29, 0.717) is 0 Å². The maximum atomic E-state index is 11.7. The fraction of sp³-hybridized carbons (Fsp3) is 0.471. The van der Waals surface area contributed by atoms with Crippen molar-refractivity contribution in [2.45, 2.75) is 45.1 Å². The first-order chi connectivity index (χ1) is 9.30. The molecule has 2 bridgehead atoms. The molecule has 1 aromatic heterocycles. The van der Waals surface area contributed by atoms with E-state index < -0.39 is 5.54 Å². The van der Waals surface area contributed by atoms with Crippen molar-refractivity contribution in [1.29, 1.82) is 0 Å². The SMILES string of the molecule is C/C=C1\[C@@H]2C=C(C)C[C@@]1(N)c1ccc(=O)[nH]c1C2(C)C. The normalized spacial score (nSPS) is 32.8. The van der Waals surface area contributed by atoms with Gasteiger partial charge in [0, 0.05) is 23.1 Å². The first-order valence-electron chi connectivity index (χ1n) is 7.18. The molecule has 20 heavy (non-hydrogen) atoms. The highest BCUT2D eigenvalue weighted by atomic mass is 16.1. The van der Waals surface area contributed by atoms with E-state index in [4.69, 9.17) is 5.73 Å². The molecule has 2 atom stereocenters. The molecule has 0 unspecified atom stereocenters. The summed E-state index contributed by atoms with van der Waals surface area (Å²) >= 11 is 0. The van der Waals surface area contributed by atoms with Gasteiger partial charge in [0.1, 0.15) is 0 Å². The lowest BCUT2D eigenvalue weighted by Crippen LogP contribution is -2.54. The van der Waals surface area contributed by atoms with Gasteiger partial charge >= 0.3 is 0 Å². The van der Waals surface area contributed by atoms with Crippen molar-refractivity contribution in [3.63, 3.8) is 0 Å². The molecule has 2 aliphatic rings. The van der Waals surface area contributed by atoms with E-state index in [0.717, 1.165) is 17.7 Å². The third kappa shape index (κ3) is 1.53. The Morgan fingerprint density at radius 3 is 2.75 bits per heavy atom. The van der Waals surface area contributed by atoms with Gasteiger partial charge in [-0.15, -0.1) is 0 Å². The van der Waals surface area contributed by atoms with Gasteiger partial charge in [-0.1, -0.05) is 31.6 Å². The Kier molecular flexibility index (Phi) is 2.64. The molecule has 1 aromatic rings. The number of nitrogens with two attached hydrogens (primary N) is 1. The van der Waals surface area contributed by atoms with Crippen molar-refractivity contribution >= 4 is 0 Å². The van der Waals surface area contributed by atoms with Crippen molar-refractivity contribution < 1.29 is 0 Å². The van der Waals surface area contributed by atoms with Gasteiger partial charge in [-0.25, -0.2) is 0 Å². The monoisotopic (exact) mass is 270 g/mol. The van der Waals surface area contributed by atoms with Crippen LogP contribution in [0.5, 0.6) is 0 Å². The van der Waals surface area contributed by atoms with Gasteiger partial charge in [-0.3, -0.25) is 4.79 Å². The van der Waals surface area contributed by atoms with Crippen molar-refractivity contribution in [2.24, 2.45) is 11.7 Å². The summed E-state index contributed by atoms with van der Waals surface area (Å²) in [6, 6.07) is 3.50. The molecular formula is C17H22N2O. The Bertz CT molecular complexity index is 693. The molecule has 2 aliphatic carbocycles. The van der Waals surface area contributed by atoms with E-state index in [9.17, 15) is 4.79 Å². The summed E-state index contributed by atoms with van der Waals surface area (Å²) in [5, 5.41) is 0. The quantitative estimate of drug-likeness (QED) is 0.712. The van der Waals surface area contributed by atoms with Crippen molar-refractivity contribution in [3.05, 3.63) is 57.0 Å². The molecule has 0 aromatic carbocycles. The zero-order valence-electron chi connectivity index (χ0n) is 12.6. The Hall–Kier alpha value is -1.61. The average Bonchev–Trinajstić information content (AvgIpc) is 2.36. The van der Waals surface area contributed by atoms with Gasteiger partial charge < -0.3 is 10.7 Å². The summed E-state index contributed by atoms with van der Waals surface area (Å²) in [4.78, 5) is 14.8. The van der Waals surface area contributed by atoms with Gasteiger partial charge in [0.25, 0.3) is 0 Å². The van der Waals surface area contributed by atoms with E-state index >= 15 is 0 Å². The molecule has 3 heteroatoms. The van der Waals surface area contributed by atoms with E-state index in [-0.39, 0.29) is 16.9 Å². The molecule has 0 amide bonds. The van der Waals surface area contributed by atoms with Crippen LogP contribution in [0.1, 0.15) is 45.4 Å². The molecular weight excluding hydrogens is 248 g/mol. The minimum atomic E-state index is -0.479. The Morgan fingerprint density at radius 2 is 2.10 bits per heavy atom. The molecule has 0 saturated heterocycles. The molecule has 1 heterocycles. The van der Waals surface area contributed by atoms with Crippen molar-refractivity contribution in [2.75, 3.05) is 0 Å². The van der Waals surface area contributed by atoms with Crippen LogP contribution in [0.15, 0.2) is 40.2 Å². The summed E-state index contributed by atoms with van der Waals surface area (Å²) in [6.07, 6.45) is 5.29. The predicted octanol–water partition coefficient (Wildman–Crippen LogP) is 2.73. The second-order valence-electron chi connectivity index (χ2n) is 6.72. The first kappa shape index (κ1) is 13.4. The molecule has 0 aliphatic heterocycles. The summed E-state index contributed by atoms with van der Waals surface area (Å²) in [7, 11) is 0. The molecule has 106 valence electrons. The number of pyridine rings is 1. The number of allylic oxidation sites excluding steroid dienone is 2. The van der Waals surface area contributed by atoms with Crippen LogP contribution in [0.25, 0.3) is 0 Å². The summed E-state index contributed by atoms with van der Waals surface area (Å²) < 4.78 is 0. The van der Waals surface area contributed by atoms with Crippen LogP contribution in [0.2, 0.25) is 0 Å². The van der Waals surface area contributed by atoms with Gasteiger partial charge in [-0.05, 0) is 37.5 Å². The standard InChI is InChI=1S/C17H22N2O/c1-5-11-13-8-10(2)9-17(11,18)12-6-7-14(20)19-15(12)16(13,3)4/h5-8,13H,9,18H2,1-4H3,(H,19,20)/b11-5+/t13-,17-/m0/s1. The fourth-order valence-electron chi connectivity index (χ4n) is 4.05. The minimum absolute atomic E-state index is 0.0527. The summed E-state index contributed by atoms with van der Waals surface area (Å²) in [5.41, 5.74) is 10.8. The lowest BCUT2D eigenvalue weighted by atomic mass is 9.55. The Morgan fingerprint density at radius 1 is 1.40 bits per heavy atom. The van der Waals surface area contributed by atoms with Crippen LogP contribution in [0.3, 0.4) is 0 Å². The smallest absolute Gasteiger partial charge is 0.248 e. The summed E-state index contributed by atoms with van der Waals surface area (Å²) in [5.74, 6) is 0.247. The Balaban J connectivity index is 2.41. The van der Waals surface area contributed by atoms with E-state index in [1.165, 1.54) is 11.1 Å². The van der Waals surface area contributed by atoms with Crippen LogP contribution in [-0.2, 0) is 11.0 Å². The average molecular weight is 270 g/mol. The van der Waals surface area contributed by atoms with Crippen molar-refractivity contribution in [1.82, 2.24) is 4.98 Å². The van der Waals surface area contributed by atoms with Crippen LogP contribution >= 0.6 is 0 Å². The molecule has 0 fully saturated rings. The maximum absolute atomic E-state index is 11.7. The molecule has 0 radical (unpaired) electrons. The van der Waals surface area contributed by atoms with Crippen LogP contribution in [-0.4, -0.2) is 4.98 Å². The number of nitrogens with one attached hydrogen (secondary N) is 1. The number of aromatic amines is 1. The van der Waals surface area contributed by atoms with Gasteiger partial charge in [0.15, 0.2) is 0 Å². The first-order valence-corrected chi connectivity index (χ1v) is 7.18. The second kappa shape index (κ2) is 3.95. The molecule has 3 rings (SSSR count). The zero-order chi connectivity index (χ0) is 14.7. The zero-order valence-corrected chi connectivity index (χ0v) is 12.6. The number of hydrogen-bond acceptors (Lipinski definition) is 2. The van der Waals surface area contributed by atoms with Gasteiger partial charge in [-0.2, -0.15) is 0 Å². The largest absolute Gasteiger partial charge is 0.325 e. The Labute approximate surface area is 119 Å². The number of fused-ring (bicyclic) bond motifs is 4. The number of hydrogen-bond donors (Lipinski definition) is 2. The van der Waals surface area contributed by atoms with E-state index in [2.05, 4.69) is 44.8 Å². The van der Waals surface area contributed by atoms with Crippen LogP contribution in [0.4, 0.5) is 0 Å². The third-order valence-electron chi connectivity index (χ3n) is 4.99. The van der Waals surface area contributed by atoms with Crippen LogP contribution < -0.4 is 11.3 Å². The van der Waals surface area contributed by atoms with Crippen LogP contribution in [0, 0.1) is 5.92 Å². The lowest BCUT2D eigenvalue weighted by Gasteiger charge is -2.52. The molecule has 3 nitrogen and oxygen atoms in total. The van der Waals surface area contributed by atoms with Gasteiger partial charge in [0.2, 0.25) is 5.56 Å². The molecule has 3 N–H and O–H groups in total. The summed E-state index contributed by atoms with van der Waals surface area (Å²) in [6.45, 7) is 8.58. The highest BCUT2D eigenvalue weighted by molar-refractivity contribution is 5.53. The number of aromatic nitrogens is 1. The van der Waals surface area contributed by atoms with E-state index in [1.54, 1.807) is 6.07 Å². The predicted molar refractivity (Wildman–Crippen MR) is 81.6 cm³/mol. The third-order valence-corrected chi connectivity index (χ3v) is 4.99. The highest BCUT2D eigenvalue weighted by Crippen LogP contribution is 2.54. The topological polar surface area (TPSA) is 58.9 Å². The van der Waals surface area contributed by atoms with Crippen molar-refractivity contribution in [3.8, 4) is 0 Å². The maximum Gasteiger partial charge on any atom is 0.248 e.